The summed E-state index contributed by atoms with van der Waals surface area (Å²) in [5, 5.41) is 21.3. The number of carbonyl (C=O) groups is 1. The van der Waals surface area contributed by atoms with E-state index >= 15 is 0 Å². The van der Waals surface area contributed by atoms with Gasteiger partial charge in [-0.05, 0) is 38.1 Å². The minimum Gasteiger partial charge on any atom is -0.493 e. The Bertz CT molecular complexity index is 1320. The van der Waals surface area contributed by atoms with E-state index in [0.29, 0.717) is 31.0 Å². The monoisotopic (exact) mass is 458 g/mol. The molecule has 1 N–H and O–H groups in total. The van der Waals surface area contributed by atoms with Gasteiger partial charge in [-0.25, -0.2) is 4.79 Å². The summed E-state index contributed by atoms with van der Waals surface area (Å²) in [6, 6.07) is 15.6. The lowest BCUT2D eigenvalue weighted by atomic mass is 10.1. The van der Waals surface area contributed by atoms with Gasteiger partial charge in [-0.2, -0.15) is 5.26 Å². The Kier molecular flexibility index (Phi) is 7.08. The average molecular weight is 459 g/mol. The molecule has 0 fully saturated rings. The highest BCUT2D eigenvalue weighted by Crippen LogP contribution is 2.36. The molecular formula is C25H26N6O3. The number of amides is 1. The van der Waals surface area contributed by atoms with Gasteiger partial charge in [0, 0.05) is 48.4 Å². The summed E-state index contributed by atoms with van der Waals surface area (Å²) in [7, 11) is 0. The molecule has 0 spiro atoms. The van der Waals surface area contributed by atoms with Gasteiger partial charge in [0.1, 0.15) is 11.8 Å². The van der Waals surface area contributed by atoms with Crippen LogP contribution in [-0.2, 0) is 17.8 Å². The smallest absolute Gasteiger partial charge is 0.411 e. The van der Waals surface area contributed by atoms with Gasteiger partial charge in [0.05, 0.1) is 36.2 Å². The fraction of sp³-hybridized carbons (Fsp3) is 0.280. The van der Waals surface area contributed by atoms with Crippen molar-refractivity contribution in [2.75, 3.05) is 18.5 Å². The first-order chi connectivity index (χ1) is 16.6. The normalized spacial score (nSPS) is 10.7. The van der Waals surface area contributed by atoms with E-state index in [1.165, 1.54) is 0 Å². The number of ether oxygens (including phenoxy) is 2. The molecule has 0 atom stereocenters. The van der Waals surface area contributed by atoms with Gasteiger partial charge >= 0.3 is 6.09 Å². The molecule has 9 heteroatoms. The number of hydrogen-bond acceptors (Lipinski definition) is 6. The highest BCUT2D eigenvalue weighted by Gasteiger charge is 2.19. The molecule has 0 saturated carbocycles. The van der Waals surface area contributed by atoms with E-state index in [-0.39, 0.29) is 0 Å². The van der Waals surface area contributed by atoms with Gasteiger partial charge < -0.3 is 14.0 Å². The van der Waals surface area contributed by atoms with Gasteiger partial charge in [0.25, 0.3) is 0 Å². The Morgan fingerprint density at radius 1 is 1.21 bits per heavy atom. The van der Waals surface area contributed by atoms with Crippen LogP contribution in [0.25, 0.3) is 22.2 Å². The van der Waals surface area contributed by atoms with E-state index in [0.717, 1.165) is 40.9 Å². The molecule has 0 saturated heterocycles. The average Bonchev–Trinajstić information content (AvgIpc) is 3.47. The topological polar surface area (TPSA) is 107 Å². The standard InChI is InChI=1S/C25H26N6O3/c1-3-31-23-16-20(34-14-6-12-30-13-11-27-29-30)9-10-21(23)22(17-26)24(31)18-7-5-8-19(15-18)28-25(32)33-4-2/h5,7-11,13,15-16H,3-4,6,12,14H2,1-2H3,(H,28,32). The summed E-state index contributed by atoms with van der Waals surface area (Å²) < 4.78 is 14.8. The van der Waals surface area contributed by atoms with Crippen LogP contribution in [0, 0.1) is 11.3 Å². The number of fused-ring (bicyclic) bond motifs is 1. The molecule has 4 rings (SSSR count). The number of hydrogen-bond donors (Lipinski definition) is 1. The van der Waals surface area contributed by atoms with Gasteiger partial charge in [0.15, 0.2) is 0 Å². The Morgan fingerprint density at radius 2 is 2.09 bits per heavy atom. The number of carbonyl (C=O) groups excluding carboxylic acids is 1. The molecule has 2 aromatic carbocycles. The maximum Gasteiger partial charge on any atom is 0.411 e. The Balaban J connectivity index is 1.62. The predicted octanol–water partition coefficient (Wildman–Crippen LogP) is 4.83. The number of nitriles is 1. The molecule has 9 nitrogen and oxygen atoms in total. The highest BCUT2D eigenvalue weighted by molar-refractivity contribution is 5.96. The molecule has 4 aromatic rings. The number of aryl methyl sites for hydroxylation is 2. The van der Waals surface area contributed by atoms with E-state index in [1.807, 2.05) is 49.5 Å². The quantitative estimate of drug-likeness (QED) is 0.360. The van der Waals surface area contributed by atoms with Crippen molar-refractivity contribution in [1.29, 1.82) is 5.26 Å². The maximum atomic E-state index is 11.8. The summed E-state index contributed by atoms with van der Waals surface area (Å²) in [5.41, 5.74) is 3.74. The first kappa shape index (κ1) is 22.9. The molecule has 34 heavy (non-hydrogen) atoms. The van der Waals surface area contributed by atoms with E-state index < -0.39 is 6.09 Å². The molecule has 0 radical (unpaired) electrons. The third-order valence-electron chi connectivity index (χ3n) is 5.39. The van der Waals surface area contributed by atoms with Crippen molar-refractivity contribution in [3.63, 3.8) is 0 Å². The van der Waals surface area contributed by atoms with Crippen molar-refractivity contribution in [2.24, 2.45) is 0 Å². The lowest BCUT2D eigenvalue weighted by Crippen LogP contribution is -2.13. The Labute approximate surface area is 197 Å². The van der Waals surface area contributed by atoms with Crippen LogP contribution >= 0.6 is 0 Å². The van der Waals surface area contributed by atoms with Crippen LogP contribution < -0.4 is 10.1 Å². The second-order valence-electron chi connectivity index (χ2n) is 7.55. The summed E-state index contributed by atoms with van der Waals surface area (Å²) >= 11 is 0. The second kappa shape index (κ2) is 10.5. The van der Waals surface area contributed by atoms with Crippen LogP contribution in [0.3, 0.4) is 0 Å². The van der Waals surface area contributed by atoms with E-state index in [1.54, 1.807) is 23.9 Å². The number of rotatable bonds is 9. The molecule has 0 aliphatic heterocycles. The third kappa shape index (κ3) is 4.86. The van der Waals surface area contributed by atoms with Gasteiger partial charge in [-0.1, -0.05) is 17.3 Å². The van der Waals surface area contributed by atoms with Crippen molar-refractivity contribution >= 4 is 22.7 Å². The minimum atomic E-state index is -0.512. The summed E-state index contributed by atoms with van der Waals surface area (Å²) in [6.45, 7) is 6.02. The first-order valence-corrected chi connectivity index (χ1v) is 11.2. The Hall–Kier alpha value is -4.32. The van der Waals surface area contributed by atoms with Crippen molar-refractivity contribution in [2.45, 2.75) is 33.4 Å². The van der Waals surface area contributed by atoms with Crippen molar-refractivity contribution in [1.82, 2.24) is 19.6 Å². The van der Waals surface area contributed by atoms with Crippen LogP contribution in [0.4, 0.5) is 10.5 Å². The number of nitrogens with one attached hydrogen (secondary N) is 1. The summed E-state index contributed by atoms with van der Waals surface area (Å²) in [6.07, 6.45) is 3.76. The molecule has 0 bridgehead atoms. The van der Waals surface area contributed by atoms with Crippen molar-refractivity contribution in [3.8, 4) is 23.1 Å². The summed E-state index contributed by atoms with van der Waals surface area (Å²) in [5.74, 6) is 0.743. The van der Waals surface area contributed by atoms with Crippen LogP contribution in [0.1, 0.15) is 25.8 Å². The first-order valence-electron chi connectivity index (χ1n) is 11.2. The molecule has 2 heterocycles. The molecule has 1 amide bonds. The van der Waals surface area contributed by atoms with Crippen LogP contribution in [0.5, 0.6) is 5.75 Å². The molecule has 0 aliphatic carbocycles. The number of benzene rings is 2. The highest BCUT2D eigenvalue weighted by atomic mass is 16.5. The largest absolute Gasteiger partial charge is 0.493 e. The number of nitrogens with zero attached hydrogens (tertiary/aromatic N) is 5. The van der Waals surface area contributed by atoms with E-state index in [2.05, 4.69) is 26.3 Å². The van der Waals surface area contributed by atoms with Gasteiger partial charge in [-0.15, -0.1) is 5.10 Å². The molecule has 0 aliphatic rings. The lowest BCUT2D eigenvalue weighted by molar-refractivity contribution is 0.168. The van der Waals surface area contributed by atoms with Crippen molar-refractivity contribution in [3.05, 3.63) is 60.4 Å². The van der Waals surface area contributed by atoms with Crippen LogP contribution in [0.15, 0.2) is 54.9 Å². The lowest BCUT2D eigenvalue weighted by Gasteiger charge is -2.11. The summed E-state index contributed by atoms with van der Waals surface area (Å²) in [4.78, 5) is 11.8. The molecular weight excluding hydrogens is 432 g/mol. The fourth-order valence-electron chi connectivity index (χ4n) is 3.96. The zero-order valence-corrected chi connectivity index (χ0v) is 19.2. The fourth-order valence-corrected chi connectivity index (χ4v) is 3.96. The molecule has 0 unspecified atom stereocenters. The van der Waals surface area contributed by atoms with Crippen LogP contribution in [-0.4, -0.2) is 38.9 Å². The van der Waals surface area contributed by atoms with E-state index in [9.17, 15) is 10.1 Å². The van der Waals surface area contributed by atoms with Gasteiger partial charge in [-0.3, -0.25) is 10.00 Å². The zero-order chi connectivity index (χ0) is 23.9. The molecule has 174 valence electrons. The SMILES string of the molecule is CCOC(=O)Nc1cccc(-c2c(C#N)c3ccc(OCCCn4ccnn4)cc3n2CC)c1. The Morgan fingerprint density at radius 3 is 2.82 bits per heavy atom. The van der Waals surface area contributed by atoms with Crippen LogP contribution in [0.2, 0.25) is 0 Å². The second-order valence-corrected chi connectivity index (χ2v) is 7.55. The van der Waals surface area contributed by atoms with Gasteiger partial charge in [0.2, 0.25) is 0 Å². The third-order valence-corrected chi connectivity index (χ3v) is 5.39. The zero-order valence-electron chi connectivity index (χ0n) is 19.2. The van der Waals surface area contributed by atoms with Crippen molar-refractivity contribution < 1.29 is 14.3 Å². The predicted molar refractivity (Wildman–Crippen MR) is 129 cm³/mol. The number of anilines is 1. The number of aromatic nitrogens is 4. The van der Waals surface area contributed by atoms with E-state index in [4.69, 9.17) is 9.47 Å². The minimum absolute atomic E-state index is 0.291. The maximum absolute atomic E-state index is 11.8. The molecule has 2 aromatic heterocycles.